The van der Waals surface area contributed by atoms with E-state index in [0.29, 0.717) is 13.2 Å². The monoisotopic (exact) mass is 456 g/mol. The molecule has 0 unspecified atom stereocenters. The van der Waals surface area contributed by atoms with Crippen LogP contribution in [0.4, 0.5) is 0 Å². The summed E-state index contributed by atoms with van der Waals surface area (Å²) in [6.07, 6.45) is 0. The molecule has 0 atom stereocenters. The maximum atomic E-state index is 12.5. The number of carbonyl (C=O) groups is 1. The normalized spacial score (nSPS) is 12.0. The maximum absolute atomic E-state index is 12.5. The minimum Gasteiger partial charge on any atom is -0.438 e. The van der Waals surface area contributed by atoms with Crippen LogP contribution in [0.25, 0.3) is 0 Å². The molecular formula is C24H28N2O5S. The third-order valence-corrected chi connectivity index (χ3v) is 6.07. The van der Waals surface area contributed by atoms with Gasteiger partial charge in [0.15, 0.2) is 5.76 Å². The lowest BCUT2D eigenvalue weighted by Gasteiger charge is -2.18. The highest BCUT2D eigenvalue weighted by atomic mass is 32.2. The lowest BCUT2D eigenvalue weighted by molar-refractivity contribution is 0.0915. The number of amides is 1. The summed E-state index contributed by atoms with van der Waals surface area (Å²) >= 11 is 0. The van der Waals surface area contributed by atoms with Crippen molar-refractivity contribution < 1.29 is 22.4 Å². The summed E-state index contributed by atoms with van der Waals surface area (Å²) < 4.78 is 38.3. The first kappa shape index (κ1) is 23.7. The summed E-state index contributed by atoms with van der Waals surface area (Å²) in [6.45, 7) is 6.33. The van der Waals surface area contributed by atoms with Crippen LogP contribution in [-0.4, -0.2) is 19.9 Å². The van der Waals surface area contributed by atoms with E-state index in [1.807, 2.05) is 54.6 Å². The molecule has 0 bridgehead atoms. The van der Waals surface area contributed by atoms with Gasteiger partial charge in [0.1, 0.15) is 0 Å². The highest BCUT2D eigenvalue weighted by Crippen LogP contribution is 2.17. The fourth-order valence-electron chi connectivity index (χ4n) is 3.03. The number of ether oxygens (including phenoxy) is 1. The van der Waals surface area contributed by atoms with Crippen molar-refractivity contribution in [3.63, 3.8) is 0 Å². The van der Waals surface area contributed by atoms with Gasteiger partial charge < -0.3 is 14.5 Å². The highest BCUT2D eigenvalue weighted by Gasteiger charge is 2.26. The summed E-state index contributed by atoms with van der Waals surface area (Å²) in [6, 6.07) is 20.2. The van der Waals surface area contributed by atoms with Crippen molar-refractivity contribution in [2.24, 2.45) is 0 Å². The minimum atomic E-state index is -3.85. The lowest BCUT2D eigenvalue weighted by Crippen LogP contribution is -2.40. The standard InChI is InChI=1S/C24H28N2O5S/c1-24(2,3)26-32(28,29)22-14-13-21(31-22)23(27)25-15-19-11-7-8-12-20(19)17-30-16-18-9-5-4-6-10-18/h4-14,26H,15-17H2,1-3H3,(H,25,27). The van der Waals surface area contributed by atoms with E-state index in [2.05, 4.69) is 10.0 Å². The SMILES string of the molecule is CC(C)(C)NS(=O)(=O)c1ccc(C(=O)NCc2ccccc2COCc2ccccc2)o1. The van der Waals surface area contributed by atoms with E-state index < -0.39 is 21.5 Å². The van der Waals surface area contributed by atoms with Crippen molar-refractivity contribution in [2.45, 2.75) is 51.2 Å². The predicted molar refractivity (Wildman–Crippen MR) is 121 cm³/mol. The van der Waals surface area contributed by atoms with E-state index in [1.54, 1.807) is 20.8 Å². The first-order valence-electron chi connectivity index (χ1n) is 10.2. The molecule has 1 aromatic heterocycles. The van der Waals surface area contributed by atoms with Crippen LogP contribution in [0.2, 0.25) is 0 Å². The Labute approximate surface area is 188 Å². The Morgan fingerprint density at radius 2 is 1.56 bits per heavy atom. The molecule has 2 aromatic carbocycles. The smallest absolute Gasteiger partial charge is 0.287 e. The Hall–Kier alpha value is -2.94. The molecule has 0 spiro atoms. The third-order valence-electron chi connectivity index (χ3n) is 4.44. The number of nitrogens with one attached hydrogen (secondary N) is 2. The molecule has 0 aliphatic heterocycles. The zero-order valence-electron chi connectivity index (χ0n) is 18.4. The zero-order valence-corrected chi connectivity index (χ0v) is 19.2. The molecule has 170 valence electrons. The maximum Gasteiger partial charge on any atom is 0.287 e. The Balaban J connectivity index is 1.59. The lowest BCUT2D eigenvalue weighted by atomic mass is 10.1. The molecule has 3 aromatic rings. The molecule has 8 heteroatoms. The van der Waals surface area contributed by atoms with Gasteiger partial charge in [-0.2, -0.15) is 0 Å². The van der Waals surface area contributed by atoms with Gasteiger partial charge in [0.2, 0.25) is 5.09 Å². The Kier molecular flexibility index (Phi) is 7.50. The van der Waals surface area contributed by atoms with Crippen molar-refractivity contribution in [1.29, 1.82) is 0 Å². The fourth-order valence-corrected chi connectivity index (χ4v) is 4.38. The summed E-state index contributed by atoms with van der Waals surface area (Å²) in [5, 5.41) is 2.47. The number of hydrogen-bond acceptors (Lipinski definition) is 5. The fraction of sp³-hybridized carbons (Fsp3) is 0.292. The van der Waals surface area contributed by atoms with Gasteiger partial charge in [-0.3, -0.25) is 4.79 Å². The Morgan fingerprint density at radius 3 is 2.25 bits per heavy atom. The van der Waals surface area contributed by atoms with Gasteiger partial charge in [-0.25, -0.2) is 13.1 Å². The van der Waals surface area contributed by atoms with Gasteiger partial charge in [-0.1, -0.05) is 54.6 Å². The molecule has 2 N–H and O–H groups in total. The molecule has 0 saturated carbocycles. The van der Waals surface area contributed by atoms with Crippen LogP contribution in [0, 0.1) is 0 Å². The molecule has 0 fully saturated rings. The van der Waals surface area contributed by atoms with Crippen LogP contribution in [-0.2, 0) is 34.5 Å². The van der Waals surface area contributed by atoms with E-state index in [4.69, 9.17) is 9.15 Å². The largest absolute Gasteiger partial charge is 0.438 e. The van der Waals surface area contributed by atoms with Crippen molar-refractivity contribution in [2.75, 3.05) is 0 Å². The van der Waals surface area contributed by atoms with Gasteiger partial charge in [0.05, 0.1) is 13.2 Å². The molecule has 0 saturated heterocycles. The van der Waals surface area contributed by atoms with Crippen LogP contribution in [0.5, 0.6) is 0 Å². The van der Waals surface area contributed by atoms with E-state index in [9.17, 15) is 13.2 Å². The Morgan fingerprint density at radius 1 is 0.906 bits per heavy atom. The number of carbonyl (C=O) groups excluding carboxylic acids is 1. The molecule has 0 aliphatic rings. The first-order valence-corrected chi connectivity index (χ1v) is 11.7. The second-order valence-electron chi connectivity index (χ2n) is 8.40. The van der Waals surface area contributed by atoms with Crippen molar-refractivity contribution >= 4 is 15.9 Å². The third kappa shape index (κ3) is 6.78. The highest BCUT2D eigenvalue weighted by molar-refractivity contribution is 7.89. The number of benzene rings is 2. The summed E-state index contributed by atoms with van der Waals surface area (Å²) in [5.41, 5.74) is 2.28. The van der Waals surface area contributed by atoms with E-state index in [0.717, 1.165) is 16.7 Å². The summed E-state index contributed by atoms with van der Waals surface area (Å²) in [7, 11) is -3.85. The predicted octanol–water partition coefficient (Wildman–Crippen LogP) is 4.00. The quantitative estimate of drug-likeness (QED) is 0.507. The topological polar surface area (TPSA) is 97.6 Å². The molecule has 3 rings (SSSR count). The average molecular weight is 457 g/mol. The number of furan rings is 1. The second kappa shape index (κ2) is 10.1. The van der Waals surface area contributed by atoms with Gasteiger partial charge in [0, 0.05) is 12.1 Å². The molecular weight excluding hydrogens is 428 g/mol. The van der Waals surface area contributed by atoms with Crippen LogP contribution in [0.15, 0.2) is 76.2 Å². The van der Waals surface area contributed by atoms with E-state index >= 15 is 0 Å². The van der Waals surface area contributed by atoms with Gasteiger partial charge in [0.25, 0.3) is 15.9 Å². The van der Waals surface area contributed by atoms with E-state index in [1.165, 1.54) is 12.1 Å². The number of sulfonamides is 1. The number of rotatable bonds is 9. The molecule has 1 amide bonds. The second-order valence-corrected chi connectivity index (χ2v) is 10.0. The van der Waals surface area contributed by atoms with Crippen molar-refractivity contribution in [3.8, 4) is 0 Å². The molecule has 7 nitrogen and oxygen atoms in total. The van der Waals surface area contributed by atoms with Gasteiger partial charge in [-0.15, -0.1) is 0 Å². The Bertz CT molecular complexity index is 1150. The molecule has 1 heterocycles. The van der Waals surface area contributed by atoms with Gasteiger partial charge >= 0.3 is 0 Å². The molecule has 0 radical (unpaired) electrons. The molecule has 0 aliphatic carbocycles. The number of hydrogen-bond donors (Lipinski definition) is 2. The van der Waals surface area contributed by atoms with Crippen LogP contribution in [0.3, 0.4) is 0 Å². The summed E-state index contributed by atoms with van der Waals surface area (Å²) in [5.74, 6) is -0.570. The zero-order chi connectivity index (χ0) is 23.2. The summed E-state index contributed by atoms with van der Waals surface area (Å²) in [4.78, 5) is 12.5. The van der Waals surface area contributed by atoms with Crippen LogP contribution >= 0.6 is 0 Å². The van der Waals surface area contributed by atoms with E-state index in [-0.39, 0.29) is 17.4 Å². The molecule has 32 heavy (non-hydrogen) atoms. The first-order chi connectivity index (χ1) is 15.1. The van der Waals surface area contributed by atoms with Crippen molar-refractivity contribution in [3.05, 3.63) is 89.2 Å². The van der Waals surface area contributed by atoms with Crippen LogP contribution in [0.1, 0.15) is 48.0 Å². The average Bonchev–Trinajstić information content (AvgIpc) is 3.23. The van der Waals surface area contributed by atoms with Crippen molar-refractivity contribution in [1.82, 2.24) is 10.0 Å². The van der Waals surface area contributed by atoms with Crippen LogP contribution < -0.4 is 10.0 Å². The minimum absolute atomic E-state index is 0.0721. The van der Waals surface area contributed by atoms with Gasteiger partial charge in [-0.05, 0) is 49.6 Å².